The number of fused-ring (bicyclic) bond motifs is 3. The Kier molecular flexibility index (Phi) is 32.7. The summed E-state index contributed by atoms with van der Waals surface area (Å²) in [5.74, 6) is 1.10. The van der Waals surface area contributed by atoms with Crippen LogP contribution in [0.4, 0.5) is 0 Å². The number of allylic oxidation sites excluding steroid dienone is 4. The van der Waals surface area contributed by atoms with E-state index in [1.54, 1.807) is 0 Å². The van der Waals surface area contributed by atoms with Crippen molar-refractivity contribution in [2.24, 2.45) is 11.8 Å². The van der Waals surface area contributed by atoms with Crippen LogP contribution in [0, 0.1) is 11.8 Å². The highest BCUT2D eigenvalue weighted by Crippen LogP contribution is 2.38. The molecule has 0 bridgehead atoms. The van der Waals surface area contributed by atoms with Crippen LogP contribution in [0.3, 0.4) is 0 Å². The summed E-state index contributed by atoms with van der Waals surface area (Å²) in [6.45, 7) is 0. The van der Waals surface area contributed by atoms with E-state index in [9.17, 15) is 0 Å². The first kappa shape index (κ1) is 38.3. The molecule has 4 atom stereocenters. The molecule has 2 aliphatic carbocycles. The molecule has 0 saturated carbocycles. The molecule has 0 aromatic heterocycles. The molecule has 130 valence electrons. The fraction of sp³-hybridized carbons (Fsp3) is 0.333. The Morgan fingerprint density at radius 3 is 1.10 bits per heavy atom. The lowest BCUT2D eigenvalue weighted by molar-refractivity contribution is -0.00100. The van der Waals surface area contributed by atoms with Crippen LogP contribution in [0.2, 0.25) is 0 Å². The zero-order valence-electron chi connectivity index (χ0n) is 10.4. The molecule has 3 rings (SSSR count). The maximum Gasteiger partial charge on any atom is 0.0836 e. The first-order valence-corrected chi connectivity index (χ1v) is 4.80. The van der Waals surface area contributed by atoms with Gasteiger partial charge < -0.3 is 113 Å². The SMILES string of the molecule is C1=CC2OC3C=CC=CC3C2C=C1.[Br-].[Br-].[Cl-].[Cl-].[Cl-].[Cl-].[Cl-].[Cl-]. The van der Waals surface area contributed by atoms with Crippen molar-refractivity contribution in [3.8, 4) is 0 Å². The maximum atomic E-state index is 5.89. The molecule has 0 amide bonds. The Morgan fingerprint density at radius 1 is 0.476 bits per heavy atom. The molecule has 0 spiro atoms. The van der Waals surface area contributed by atoms with E-state index in [1.807, 2.05) is 0 Å². The van der Waals surface area contributed by atoms with Gasteiger partial charge in [-0.15, -0.1) is 0 Å². The van der Waals surface area contributed by atoms with Gasteiger partial charge in [0.1, 0.15) is 0 Å². The lowest BCUT2D eigenvalue weighted by atomic mass is 9.83. The van der Waals surface area contributed by atoms with Gasteiger partial charge >= 0.3 is 0 Å². The van der Waals surface area contributed by atoms with E-state index in [4.69, 9.17) is 4.74 Å². The van der Waals surface area contributed by atoms with Gasteiger partial charge in [-0.1, -0.05) is 48.6 Å². The van der Waals surface area contributed by atoms with Crippen molar-refractivity contribution in [3.05, 3.63) is 48.6 Å². The van der Waals surface area contributed by atoms with E-state index >= 15 is 0 Å². The van der Waals surface area contributed by atoms with Crippen molar-refractivity contribution >= 4 is 0 Å². The fourth-order valence-electron chi connectivity index (χ4n) is 2.36. The third kappa shape index (κ3) is 8.32. The normalized spacial score (nSPS) is 27.8. The zero-order valence-corrected chi connectivity index (χ0v) is 18.1. The molecular formula is C12H12Br2Cl6O-8. The fourth-order valence-corrected chi connectivity index (χ4v) is 2.36. The molecule has 3 aliphatic rings. The first-order valence-electron chi connectivity index (χ1n) is 4.80. The number of hydrogen-bond donors (Lipinski definition) is 0. The minimum absolute atomic E-state index is 0. The second-order valence-corrected chi connectivity index (χ2v) is 3.76. The molecule has 9 heteroatoms. The molecule has 0 radical (unpaired) electrons. The van der Waals surface area contributed by atoms with Crippen molar-refractivity contribution in [1.82, 2.24) is 0 Å². The molecule has 0 aromatic carbocycles. The van der Waals surface area contributed by atoms with Crippen molar-refractivity contribution in [3.63, 3.8) is 0 Å². The number of halogens is 8. The van der Waals surface area contributed by atoms with Gasteiger partial charge in [0.25, 0.3) is 0 Å². The Balaban J connectivity index is -0.0000000703. The van der Waals surface area contributed by atoms with E-state index in [2.05, 4.69) is 48.6 Å². The zero-order chi connectivity index (χ0) is 8.67. The molecule has 0 aromatic rings. The van der Waals surface area contributed by atoms with Crippen LogP contribution in [0.1, 0.15) is 0 Å². The summed E-state index contributed by atoms with van der Waals surface area (Å²) in [4.78, 5) is 0. The van der Waals surface area contributed by atoms with E-state index < -0.39 is 0 Å². The second kappa shape index (κ2) is 18.0. The lowest BCUT2D eigenvalue weighted by Gasteiger charge is -2.18. The van der Waals surface area contributed by atoms with Crippen LogP contribution in [-0.2, 0) is 4.74 Å². The minimum atomic E-state index is 0. The number of rotatable bonds is 0. The summed E-state index contributed by atoms with van der Waals surface area (Å²) >= 11 is 0. The van der Waals surface area contributed by atoms with Crippen molar-refractivity contribution in [2.75, 3.05) is 0 Å². The van der Waals surface area contributed by atoms with Gasteiger partial charge in [0.2, 0.25) is 0 Å². The highest BCUT2D eigenvalue weighted by Gasteiger charge is 2.40. The van der Waals surface area contributed by atoms with E-state index in [-0.39, 0.29) is 108 Å². The van der Waals surface area contributed by atoms with Gasteiger partial charge in [-0.3, -0.25) is 0 Å². The molecule has 0 N–H and O–H groups in total. The Morgan fingerprint density at radius 2 is 0.762 bits per heavy atom. The summed E-state index contributed by atoms with van der Waals surface area (Å²) in [6, 6.07) is 0. The smallest absolute Gasteiger partial charge is 0.0836 e. The maximum absolute atomic E-state index is 5.89. The van der Waals surface area contributed by atoms with E-state index in [0.29, 0.717) is 24.0 Å². The molecule has 1 fully saturated rings. The molecular weight excluding hydrogens is 533 g/mol. The lowest BCUT2D eigenvalue weighted by Crippen LogP contribution is -3.00. The second-order valence-electron chi connectivity index (χ2n) is 3.76. The highest BCUT2D eigenvalue weighted by molar-refractivity contribution is 5.27. The van der Waals surface area contributed by atoms with Gasteiger partial charge in [-0.2, -0.15) is 0 Å². The van der Waals surface area contributed by atoms with Crippen LogP contribution in [0.5, 0.6) is 0 Å². The van der Waals surface area contributed by atoms with Gasteiger partial charge in [-0.05, 0) is 0 Å². The largest absolute Gasteiger partial charge is 1.00 e. The summed E-state index contributed by atoms with van der Waals surface area (Å²) in [5.41, 5.74) is 0. The van der Waals surface area contributed by atoms with Crippen molar-refractivity contribution in [1.29, 1.82) is 0 Å². The summed E-state index contributed by atoms with van der Waals surface area (Å²) in [7, 11) is 0. The number of ether oxygens (including phenoxy) is 1. The van der Waals surface area contributed by atoms with Crippen LogP contribution < -0.4 is 108 Å². The molecule has 1 aliphatic heterocycles. The molecule has 21 heavy (non-hydrogen) atoms. The summed E-state index contributed by atoms with van der Waals surface area (Å²) in [6.07, 6.45) is 17.8. The van der Waals surface area contributed by atoms with E-state index in [0.717, 1.165) is 0 Å². The van der Waals surface area contributed by atoms with Crippen molar-refractivity contribution in [2.45, 2.75) is 12.2 Å². The van der Waals surface area contributed by atoms with Crippen LogP contribution in [0.15, 0.2) is 48.6 Å². The Hall–Kier alpha value is 1.62. The van der Waals surface area contributed by atoms with Crippen LogP contribution in [0.25, 0.3) is 0 Å². The van der Waals surface area contributed by atoms with Gasteiger partial charge in [-0.25, -0.2) is 0 Å². The summed E-state index contributed by atoms with van der Waals surface area (Å²) < 4.78 is 5.89. The van der Waals surface area contributed by atoms with Gasteiger partial charge in [0.15, 0.2) is 0 Å². The van der Waals surface area contributed by atoms with E-state index in [1.165, 1.54) is 0 Å². The first-order chi connectivity index (χ1) is 6.45. The van der Waals surface area contributed by atoms with Crippen LogP contribution in [-0.4, -0.2) is 12.2 Å². The number of hydrogen-bond acceptors (Lipinski definition) is 1. The standard InChI is InChI=1S/C12H12O.2BrH.6ClH/c1-3-7-11-9(5-1)10-6-2-4-8-12(10)13-11;;;;;;;;/h1-12H;8*1H/p-8. The Labute approximate surface area is 184 Å². The predicted molar refractivity (Wildman–Crippen MR) is 52.2 cm³/mol. The quantitative estimate of drug-likeness (QED) is 0.295. The molecule has 1 nitrogen and oxygen atoms in total. The topological polar surface area (TPSA) is 9.23 Å². The molecule has 4 unspecified atom stereocenters. The van der Waals surface area contributed by atoms with Crippen LogP contribution >= 0.6 is 0 Å². The van der Waals surface area contributed by atoms with Crippen molar-refractivity contribution < 1.29 is 113 Å². The monoisotopic (exact) mass is 540 g/mol. The Bertz CT molecular complexity index is 317. The summed E-state index contributed by atoms with van der Waals surface area (Å²) in [5, 5.41) is 0. The molecule has 1 heterocycles. The third-order valence-electron chi connectivity index (χ3n) is 3.01. The van der Waals surface area contributed by atoms with Gasteiger partial charge in [0, 0.05) is 11.8 Å². The highest BCUT2D eigenvalue weighted by atomic mass is 79.9. The third-order valence-corrected chi connectivity index (χ3v) is 3.01. The average Bonchev–Trinajstić information content (AvgIpc) is 2.56. The molecule has 1 saturated heterocycles. The average molecular weight is 545 g/mol. The minimum Gasteiger partial charge on any atom is -1.00 e. The predicted octanol–water partition coefficient (Wildman–Crippen LogP) is -21.7. The van der Waals surface area contributed by atoms with Gasteiger partial charge in [0.05, 0.1) is 12.2 Å².